The number of ether oxygens (including phenoxy) is 2. The van der Waals surface area contributed by atoms with Crippen LogP contribution >= 0.6 is 0 Å². The highest BCUT2D eigenvalue weighted by atomic mass is 16.6. The highest BCUT2D eigenvalue weighted by Crippen LogP contribution is 2.27. The molecule has 7 heteroatoms. The lowest BCUT2D eigenvalue weighted by Crippen LogP contribution is -2.27. The van der Waals surface area contributed by atoms with Crippen molar-refractivity contribution in [2.75, 3.05) is 19.7 Å². The minimum atomic E-state index is -0.575. The first-order chi connectivity index (χ1) is 11.2. The molecule has 0 N–H and O–H groups in total. The van der Waals surface area contributed by atoms with E-state index in [0.717, 1.165) is 31.5 Å². The first-order valence-corrected chi connectivity index (χ1v) is 8.09. The third-order valence-electron chi connectivity index (χ3n) is 3.61. The maximum atomic E-state index is 11.8. The topological polar surface area (TPSA) is 81.9 Å². The minimum absolute atomic E-state index is 0.0221. The number of non-ortho nitro benzene ring substituents is 1. The Kier molecular flexibility index (Phi) is 5.77. The molecule has 1 aliphatic heterocycles. The van der Waals surface area contributed by atoms with Gasteiger partial charge in [-0.05, 0) is 52.8 Å². The molecular weight excluding hydrogens is 312 g/mol. The maximum Gasteiger partial charge on any atom is 0.344 e. The quantitative estimate of drug-likeness (QED) is 0.451. The van der Waals surface area contributed by atoms with Crippen molar-refractivity contribution in [3.05, 3.63) is 33.9 Å². The van der Waals surface area contributed by atoms with Crippen molar-refractivity contribution in [2.24, 2.45) is 0 Å². The number of rotatable bonds is 6. The van der Waals surface area contributed by atoms with Crippen molar-refractivity contribution in [2.45, 2.75) is 45.8 Å². The predicted molar refractivity (Wildman–Crippen MR) is 88.9 cm³/mol. The molecule has 0 spiro atoms. The molecule has 0 aliphatic carbocycles. The number of nitro benzene ring substituents is 1. The second-order valence-corrected chi connectivity index (χ2v) is 6.91. The van der Waals surface area contributed by atoms with Crippen molar-refractivity contribution in [3.8, 4) is 5.75 Å². The molecular formula is C17H24N2O5. The maximum absolute atomic E-state index is 11.8. The van der Waals surface area contributed by atoms with Crippen LogP contribution in [0.5, 0.6) is 5.75 Å². The minimum Gasteiger partial charge on any atom is -0.482 e. The molecule has 0 saturated carbocycles. The molecule has 1 aliphatic rings. The number of likely N-dealkylation sites (tertiary alicyclic amines) is 1. The van der Waals surface area contributed by atoms with E-state index in [1.54, 1.807) is 26.8 Å². The number of carbonyl (C=O) groups is 1. The highest BCUT2D eigenvalue weighted by molar-refractivity contribution is 5.71. The van der Waals surface area contributed by atoms with E-state index in [1.807, 2.05) is 0 Å². The summed E-state index contributed by atoms with van der Waals surface area (Å²) in [6.07, 6.45) is 2.26. The van der Waals surface area contributed by atoms with Crippen LogP contribution in [-0.2, 0) is 16.1 Å². The largest absolute Gasteiger partial charge is 0.482 e. The van der Waals surface area contributed by atoms with Crippen molar-refractivity contribution in [1.29, 1.82) is 0 Å². The average molecular weight is 336 g/mol. The molecule has 0 bridgehead atoms. The Balaban J connectivity index is 2.09. The zero-order valence-electron chi connectivity index (χ0n) is 14.4. The molecule has 132 valence electrons. The van der Waals surface area contributed by atoms with Crippen molar-refractivity contribution >= 4 is 11.7 Å². The van der Waals surface area contributed by atoms with E-state index in [1.165, 1.54) is 12.1 Å². The second kappa shape index (κ2) is 7.61. The van der Waals surface area contributed by atoms with Crippen molar-refractivity contribution in [1.82, 2.24) is 4.90 Å². The Labute approximate surface area is 141 Å². The normalized spacial score (nSPS) is 15.3. The van der Waals surface area contributed by atoms with Crippen LogP contribution in [0.4, 0.5) is 5.69 Å². The predicted octanol–water partition coefficient (Wildman–Crippen LogP) is 2.91. The molecule has 1 aromatic carbocycles. The van der Waals surface area contributed by atoms with Crippen LogP contribution in [0.2, 0.25) is 0 Å². The Bertz CT molecular complexity index is 603. The van der Waals surface area contributed by atoms with Crippen LogP contribution in [0.25, 0.3) is 0 Å². The van der Waals surface area contributed by atoms with Gasteiger partial charge in [0.2, 0.25) is 0 Å². The van der Waals surface area contributed by atoms with Gasteiger partial charge in [0.05, 0.1) is 4.92 Å². The SMILES string of the molecule is CC(C)(C)OC(=O)COc1ccc([N+](=O)[O-])cc1CN1CCCC1. The molecule has 0 radical (unpaired) electrons. The van der Waals surface area contributed by atoms with Gasteiger partial charge < -0.3 is 9.47 Å². The summed E-state index contributed by atoms with van der Waals surface area (Å²) in [4.78, 5) is 24.6. The summed E-state index contributed by atoms with van der Waals surface area (Å²) in [5.41, 5.74) is 0.164. The van der Waals surface area contributed by atoms with Crippen LogP contribution in [0.1, 0.15) is 39.2 Å². The molecule has 7 nitrogen and oxygen atoms in total. The van der Waals surface area contributed by atoms with Crippen LogP contribution in [0, 0.1) is 10.1 Å². The Morgan fingerprint density at radius 3 is 2.54 bits per heavy atom. The smallest absolute Gasteiger partial charge is 0.344 e. The fraction of sp³-hybridized carbons (Fsp3) is 0.588. The lowest BCUT2D eigenvalue weighted by Gasteiger charge is -2.20. The summed E-state index contributed by atoms with van der Waals surface area (Å²) in [7, 11) is 0. The van der Waals surface area contributed by atoms with E-state index in [9.17, 15) is 14.9 Å². The fourth-order valence-electron chi connectivity index (χ4n) is 2.63. The summed E-state index contributed by atoms with van der Waals surface area (Å²) < 4.78 is 10.8. The van der Waals surface area contributed by atoms with Gasteiger partial charge in [0, 0.05) is 24.2 Å². The summed E-state index contributed by atoms with van der Waals surface area (Å²) in [5.74, 6) is 0.0198. The lowest BCUT2D eigenvalue weighted by atomic mass is 10.1. The number of hydrogen-bond donors (Lipinski definition) is 0. The summed E-state index contributed by atoms with van der Waals surface area (Å²) in [5, 5.41) is 11.0. The van der Waals surface area contributed by atoms with E-state index in [0.29, 0.717) is 12.3 Å². The Hall–Kier alpha value is -2.15. The molecule has 1 fully saturated rings. The number of benzene rings is 1. The Morgan fingerprint density at radius 2 is 1.96 bits per heavy atom. The molecule has 2 rings (SSSR count). The molecule has 0 unspecified atom stereocenters. The van der Waals surface area contributed by atoms with Gasteiger partial charge >= 0.3 is 5.97 Å². The van der Waals surface area contributed by atoms with E-state index in [-0.39, 0.29) is 12.3 Å². The molecule has 1 heterocycles. The summed E-state index contributed by atoms with van der Waals surface area (Å²) in [6.45, 7) is 7.65. The monoisotopic (exact) mass is 336 g/mol. The van der Waals surface area contributed by atoms with Gasteiger partial charge in [-0.15, -0.1) is 0 Å². The van der Waals surface area contributed by atoms with Crippen LogP contribution in [0.3, 0.4) is 0 Å². The first-order valence-electron chi connectivity index (χ1n) is 8.09. The zero-order valence-corrected chi connectivity index (χ0v) is 14.4. The van der Waals surface area contributed by atoms with E-state index >= 15 is 0 Å². The highest BCUT2D eigenvalue weighted by Gasteiger charge is 2.20. The van der Waals surface area contributed by atoms with E-state index < -0.39 is 16.5 Å². The first kappa shape index (κ1) is 18.2. The van der Waals surface area contributed by atoms with Gasteiger partial charge in [0.25, 0.3) is 5.69 Å². The zero-order chi connectivity index (χ0) is 17.7. The number of nitro groups is 1. The van der Waals surface area contributed by atoms with Gasteiger partial charge in [0.15, 0.2) is 6.61 Å². The van der Waals surface area contributed by atoms with E-state index in [4.69, 9.17) is 9.47 Å². The third kappa shape index (κ3) is 5.49. The third-order valence-corrected chi connectivity index (χ3v) is 3.61. The summed E-state index contributed by atoms with van der Waals surface area (Å²) >= 11 is 0. The number of carbonyl (C=O) groups excluding carboxylic acids is 1. The summed E-state index contributed by atoms with van der Waals surface area (Å²) in [6, 6.07) is 4.45. The van der Waals surface area contributed by atoms with Crippen molar-refractivity contribution < 1.29 is 19.2 Å². The molecule has 0 atom stereocenters. The van der Waals surface area contributed by atoms with Gasteiger partial charge in [-0.2, -0.15) is 0 Å². The molecule has 0 aromatic heterocycles. The van der Waals surface area contributed by atoms with Gasteiger partial charge in [-0.3, -0.25) is 15.0 Å². The van der Waals surface area contributed by atoms with E-state index in [2.05, 4.69) is 4.90 Å². The van der Waals surface area contributed by atoms with Crippen LogP contribution in [-0.4, -0.2) is 41.1 Å². The van der Waals surface area contributed by atoms with Crippen LogP contribution in [0.15, 0.2) is 18.2 Å². The Morgan fingerprint density at radius 1 is 1.29 bits per heavy atom. The second-order valence-electron chi connectivity index (χ2n) is 6.91. The van der Waals surface area contributed by atoms with Crippen LogP contribution < -0.4 is 4.74 Å². The number of nitrogens with zero attached hydrogens (tertiary/aromatic N) is 2. The van der Waals surface area contributed by atoms with Gasteiger partial charge in [-0.25, -0.2) is 4.79 Å². The number of hydrogen-bond acceptors (Lipinski definition) is 6. The number of esters is 1. The fourth-order valence-corrected chi connectivity index (χ4v) is 2.63. The molecule has 1 aromatic rings. The van der Waals surface area contributed by atoms with Crippen molar-refractivity contribution in [3.63, 3.8) is 0 Å². The standard InChI is InChI=1S/C17H24N2O5/c1-17(2,3)24-16(20)12-23-15-7-6-14(19(21)22)10-13(15)11-18-8-4-5-9-18/h6-7,10H,4-5,8-9,11-12H2,1-3H3. The lowest BCUT2D eigenvalue weighted by molar-refractivity contribution is -0.385. The average Bonchev–Trinajstić information content (AvgIpc) is 2.97. The van der Waals surface area contributed by atoms with Gasteiger partial charge in [0.1, 0.15) is 11.4 Å². The molecule has 24 heavy (non-hydrogen) atoms. The molecule has 1 saturated heterocycles. The molecule has 0 amide bonds. The van der Waals surface area contributed by atoms with Gasteiger partial charge in [-0.1, -0.05) is 0 Å².